The Bertz CT molecular complexity index is 496. The Morgan fingerprint density at radius 2 is 2.11 bits per heavy atom. The lowest BCUT2D eigenvalue weighted by Gasteiger charge is -2.19. The highest BCUT2D eigenvalue weighted by Gasteiger charge is 2.15. The maximum Gasteiger partial charge on any atom is 0.407 e. The molecule has 4 nitrogen and oxygen atoms in total. The Balaban J connectivity index is 2.46. The molecule has 0 saturated heterocycles. The molecule has 0 aliphatic carbocycles. The summed E-state index contributed by atoms with van der Waals surface area (Å²) >= 11 is 0. The number of nitrogens with one attached hydrogen (secondary N) is 1. The van der Waals surface area contributed by atoms with Gasteiger partial charge >= 0.3 is 6.09 Å². The number of amides is 1. The molecule has 1 rings (SSSR count). The number of nitriles is 1. The number of alkyl carbamates (subject to hydrolysis) is 1. The van der Waals surface area contributed by atoms with Gasteiger partial charge in [-0.15, -0.1) is 0 Å². The number of hydrogen-bond acceptors (Lipinski definition) is 3. The number of hydrogen-bond donors (Lipinski definition) is 1. The summed E-state index contributed by atoms with van der Waals surface area (Å²) in [4.78, 5) is 11.4. The van der Waals surface area contributed by atoms with Crippen molar-refractivity contribution in [3.63, 3.8) is 0 Å². The fourth-order valence-electron chi connectivity index (χ4n) is 1.57. The molecule has 0 saturated carbocycles. The maximum atomic E-state index is 11.4. The standard InChI is InChI=1S/C15H20N2O2/c1-11-5-6-12(9-13(11)10-16)7-8-17-14(18)19-15(2,3)4/h5-6,9H,7-8H2,1-4H3,(H,17,18). The van der Waals surface area contributed by atoms with Gasteiger partial charge in [0.25, 0.3) is 0 Å². The van der Waals surface area contributed by atoms with E-state index in [1.54, 1.807) is 0 Å². The van der Waals surface area contributed by atoms with Crippen LogP contribution >= 0.6 is 0 Å². The maximum absolute atomic E-state index is 11.4. The topological polar surface area (TPSA) is 62.1 Å². The van der Waals surface area contributed by atoms with Gasteiger partial charge in [0.05, 0.1) is 11.6 Å². The summed E-state index contributed by atoms with van der Waals surface area (Å²) in [6, 6.07) is 7.89. The molecule has 0 fully saturated rings. The van der Waals surface area contributed by atoms with Crippen molar-refractivity contribution in [1.29, 1.82) is 5.26 Å². The van der Waals surface area contributed by atoms with E-state index < -0.39 is 11.7 Å². The summed E-state index contributed by atoms with van der Waals surface area (Å²) in [5.41, 5.74) is 2.18. The highest BCUT2D eigenvalue weighted by atomic mass is 16.6. The summed E-state index contributed by atoms with van der Waals surface area (Å²) in [7, 11) is 0. The third-order valence-electron chi connectivity index (χ3n) is 2.50. The fourth-order valence-corrected chi connectivity index (χ4v) is 1.57. The average molecular weight is 260 g/mol. The van der Waals surface area contributed by atoms with E-state index in [2.05, 4.69) is 11.4 Å². The highest BCUT2D eigenvalue weighted by molar-refractivity contribution is 5.67. The molecule has 0 spiro atoms. The number of benzene rings is 1. The molecule has 0 bridgehead atoms. The monoisotopic (exact) mass is 260 g/mol. The van der Waals surface area contributed by atoms with Gasteiger partial charge in [-0.25, -0.2) is 4.79 Å². The zero-order valence-electron chi connectivity index (χ0n) is 11.9. The molecule has 102 valence electrons. The van der Waals surface area contributed by atoms with Crippen LogP contribution in [0.3, 0.4) is 0 Å². The van der Waals surface area contributed by atoms with Crippen LogP contribution in [-0.4, -0.2) is 18.2 Å². The third kappa shape index (κ3) is 5.43. The Morgan fingerprint density at radius 3 is 2.68 bits per heavy atom. The SMILES string of the molecule is Cc1ccc(CCNC(=O)OC(C)(C)C)cc1C#N. The summed E-state index contributed by atoms with van der Waals surface area (Å²) in [5, 5.41) is 11.6. The van der Waals surface area contributed by atoms with Crippen LogP contribution in [0.15, 0.2) is 18.2 Å². The summed E-state index contributed by atoms with van der Waals surface area (Å²) < 4.78 is 5.14. The smallest absolute Gasteiger partial charge is 0.407 e. The zero-order chi connectivity index (χ0) is 14.5. The van der Waals surface area contributed by atoms with Crippen molar-refractivity contribution < 1.29 is 9.53 Å². The van der Waals surface area contributed by atoms with Gasteiger partial charge in [-0.2, -0.15) is 5.26 Å². The van der Waals surface area contributed by atoms with E-state index in [9.17, 15) is 4.79 Å². The minimum atomic E-state index is -0.484. The first-order valence-electron chi connectivity index (χ1n) is 6.28. The van der Waals surface area contributed by atoms with Gasteiger partial charge < -0.3 is 10.1 Å². The quantitative estimate of drug-likeness (QED) is 0.908. The minimum Gasteiger partial charge on any atom is -0.444 e. The van der Waals surface area contributed by atoms with Crippen LogP contribution < -0.4 is 5.32 Å². The molecule has 19 heavy (non-hydrogen) atoms. The first-order chi connectivity index (χ1) is 8.81. The van der Waals surface area contributed by atoms with Gasteiger partial charge in [0, 0.05) is 6.54 Å². The van der Waals surface area contributed by atoms with E-state index >= 15 is 0 Å². The molecule has 0 radical (unpaired) electrons. The normalized spacial score (nSPS) is 10.7. The number of carbonyl (C=O) groups excluding carboxylic acids is 1. The van der Waals surface area contributed by atoms with Crippen LogP contribution in [-0.2, 0) is 11.2 Å². The van der Waals surface area contributed by atoms with Crippen molar-refractivity contribution in [2.45, 2.75) is 39.7 Å². The molecule has 0 aliphatic heterocycles. The molecule has 1 amide bonds. The second kappa shape index (κ2) is 6.24. The largest absolute Gasteiger partial charge is 0.444 e. The first kappa shape index (κ1) is 15.0. The zero-order valence-corrected chi connectivity index (χ0v) is 11.9. The van der Waals surface area contributed by atoms with Crippen molar-refractivity contribution >= 4 is 6.09 Å². The predicted molar refractivity (Wildman–Crippen MR) is 73.8 cm³/mol. The molecule has 1 N–H and O–H groups in total. The average Bonchev–Trinajstić information content (AvgIpc) is 2.29. The number of aryl methyl sites for hydroxylation is 1. The van der Waals surface area contributed by atoms with Crippen molar-refractivity contribution in [1.82, 2.24) is 5.32 Å². The summed E-state index contributed by atoms with van der Waals surface area (Å²) in [6.45, 7) is 7.87. The van der Waals surface area contributed by atoms with Crippen molar-refractivity contribution in [3.05, 3.63) is 34.9 Å². The Hall–Kier alpha value is -2.02. The molecular formula is C15H20N2O2. The Labute approximate surface area is 114 Å². The first-order valence-corrected chi connectivity index (χ1v) is 6.28. The molecule has 0 unspecified atom stereocenters. The summed E-state index contributed by atoms with van der Waals surface area (Å²) in [6.07, 6.45) is 0.258. The van der Waals surface area contributed by atoms with Crippen LogP contribution in [0.25, 0.3) is 0 Å². The van der Waals surface area contributed by atoms with Crippen LogP contribution in [0.5, 0.6) is 0 Å². The molecule has 0 aliphatic rings. The van der Waals surface area contributed by atoms with Crippen LogP contribution in [0, 0.1) is 18.3 Å². The van der Waals surface area contributed by atoms with E-state index in [-0.39, 0.29) is 0 Å². The van der Waals surface area contributed by atoms with Gasteiger partial charge in [-0.1, -0.05) is 12.1 Å². The molecular weight excluding hydrogens is 240 g/mol. The van der Waals surface area contributed by atoms with Crippen molar-refractivity contribution in [2.24, 2.45) is 0 Å². The fraction of sp³-hybridized carbons (Fsp3) is 0.467. The van der Waals surface area contributed by atoms with Crippen molar-refractivity contribution in [2.75, 3.05) is 6.54 Å². The van der Waals surface area contributed by atoms with E-state index in [4.69, 9.17) is 10.00 Å². The second-order valence-electron chi connectivity index (χ2n) is 5.44. The van der Waals surface area contributed by atoms with Gasteiger partial charge in [-0.05, 0) is 51.3 Å². The lowest BCUT2D eigenvalue weighted by molar-refractivity contribution is 0.0528. The molecule has 1 aromatic carbocycles. The third-order valence-corrected chi connectivity index (χ3v) is 2.50. The minimum absolute atomic E-state index is 0.417. The molecule has 1 aromatic rings. The number of nitrogens with zero attached hydrogens (tertiary/aromatic N) is 1. The van der Waals surface area contributed by atoms with Crippen LogP contribution in [0.2, 0.25) is 0 Å². The number of carbonyl (C=O) groups is 1. The molecule has 0 heterocycles. The highest BCUT2D eigenvalue weighted by Crippen LogP contribution is 2.10. The van der Waals surface area contributed by atoms with Crippen LogP contribution in [0.1, 0.15) is 37.5 Å². The van der Waals surface area contributed by atoms with Crippen molar-refractivity contribution in [3.8, 4) is 6.07 Å². The number of rotatable bonds is 3. The predicted octanol–water partition coefficient (Wildman–Crippen LogP) is 2.93. The molecule has 0 atom stereocenters. The molecule has 4 heteroatoms. The van der Waals surface area contributed by atoms with Gasteiger partial charge in [0.1, 0.15) is 5.60 Å². The number of ether oxygens (including phenoxy) is 1. The second-order valence-corrected chi connectivity index (χ2v) is 5.44. The lowest BCUT2D eigenvalue weighted by atomic mass is 10.0. The Kier molecular flexibility index (Phi) is 4.94. The van der Waals surface area contributed by atoms with Crippen LogP contribution in [0.4, 0.5) is 4.79 Å². The van der Waals surface area contributed by atoms with E-state index in [0.29, 0.717) is 18.5 Å². The Morgan fingerprint density at radius 1 is 1.42 bits per heavy atom. The van der Waals surface area contributed by atoms with E-state index in [1.807, 2.05) is 45.9 Å². The van der Waals surface area contributed by atoms with E-state index in [0.717, 1.165) is 11.1 Å². The summed E-state index contributed by atoms with van der Waals surface area (Å²) in [5.74, 6) is 0. The van der Waals surface area contributed by atoms with E-state index in [1.165, 1.54) is 0 Å². The van der Waals surface area contributed by atoms with Gasteiger partial charge in [0.15, 0.2) is 0 Å². The van der Waals surface area contributed by atoms with Gasteiger partial charge in [0.2, 0.25) is 0 Å². The van der Waals surface area contributed by atoms with Gasteiger partial charge in [-0.3, -0.25) is 0 Å². The molecule has 0 aromatic heterocycles. The lowest BCUT2D eigenvalue weighted by Crippen LogP contribution is -2.33.